The Balaban J connectivity index is 1.81. The number of hydrogen-bond donors (Lipinski definition) is 1. The molecule has 0 aliphatic heterocycles. The molecule has 0 fully saturated rings. The van der Waals surface area contributed by atoms with Gasteiger partial charge in [-0.1, -0.05) is 24.3 Å². The van der Waals surface area contributed by atoms with E-state index in [2.05, 4.69) is 15.4 Å². The van der Waals surface area contributed by atoms with Crippen molar-refractivity contribution >= 4 is 11.6 Å². The number of nitrogens with one attached hydrogen (secondary N) is 1. The fourth-order valence-corrected chi connectivity index (χ4v) is 3.05. The predicted octanol–water partition coefficient (Wildman–Crippen LogP) is 5.08. The first-order chi connectivity index (χ1) is 14.4. The van der Waals surface area contributed by atoms with Gasteiger partial charge in [0.1, 0.15) is 11.6 Å². The highest BCUT2D eigenvalue weighted by atomic mass is 19.1. The van der Waals surface area contributed by atoms with Crippen LogP contribution >= 0.6 is 0 Å². The van der Waals surface area contributed by atoms with Crippen molar-refractivity contribution in [3.63, 3.8) is 0 Å². The van der Waals surface area contributed by atoms with Crippen LogP contribution in [0.2, 0.25) is 0 Å². The number of hydrogen-bond acceptors (Lipinski definition) is 3. The molecule has 4 aromatic rings. The van der Waals surface area contributed by atoms with Crippen molar-refractivity contribution in [2.75, 3.05) is 5.32 Å². The van der Waals surface area contributed by atoms with E-state index < -0.39 is 11.7 Å². The van der Waals surface area contributed by atoms with Crippen LogP contribution < -0.4 is 5.32 Å². The maximum absolute atomic E-state index is 13.9. The zero-order valence-corrected chi connectivity index (χ0v) is 16.4. The lowest BCUT2D eigenvalue weighted by Gasteiger charge is -2.10. The summed E-state index contributed by atoms with van der Waals surface area (Å²) in [6, 6.07) is 17.5. The highest BCUT2D eigenvalue weighted by Crippen LogP contribution is 2.25. The fraction of sp³-hybridized carbons (Fsp3) is 0.0870. The minimum absolute atomic E-state index is 0.0360. The third-order valence-corrected chi connectivity index (χ3v) is 4.63. The summed E-state index contributed by atoms with van der Waals surface area (Å²) in [5.74, 6) is -1.33. The molecule has 0 saturated carbocycles. The van der Waals surface area contributed by atoms with E-state index in [1.54, 1.807) is 22.9 Å². The second kappa shape index (κ2) is 7.87. The van der Waals surface area contributed by atoms with E-state index in [-0.39, 0.29) is 17.3 Å². The molecule has 150 valence electrons. The third kappa shape index (κ3) is 3.82. The van der Waals surface area contributed by atoms with Gasteiger partial charge in [-0.15, -0.1) is 5.10 Å². The van der Waals surface area contributed by atoms with Crippen molar-refractivity contribution in [3.05, 3.63) is 95.3 Å². The zero-order chi connectivity index (χ0) is 21.3. The number of anilines is 1. The maximum atomic E-state index is 13.9. The maximum Gasteiger partial charge on any atom is 0.295 e. The van der Waals surface area contributed by atoms with Gasteiger partial charge in [-0.05, 0) is 67.4 Å². The molecule has 3 aromatic carbocycles. The number of amides is 1. The second-order valence-corrected chi connectivity index (χ2v) is 6.90. The fourth-order valence-electron chi connectivity index (χ4n) is 3.05. The van der Waals surface area contributed by atoms with E-state index in [9.17, 15) is 13.6 Å². The van der Waals surface area contributed by atoms with Crippen LogP contribution in [0.1, 0.15) is 21.7 Å². The molecule has 0 radical (unpaired) electrons. The smallest absolute Gasteiger partial charge is 0.295 e. The molecule has 1 heterocycles. The van der Waals surface area contributed by atoms with Gasteiger partial charge in [0.05, 0.1) is 11.4 Å². The Morgan fingerprint density at radius 2 is 1.70 bits per heavy atom. The van der Waals surface area contributed by atoms with Crippen LogP contribution in [0.25, 0.3) is 17.1 Å². The Hall–Kier alpha value is -3.87. The molecular weight excluding hydrogens is 386 g/mol. The minimum atomic E-state index is -0.646. The van der Waals surface area contributed by atoms with Crippen molar-refractivity contribution in [2.24, 2.45) is 0 Å². The Morgan fingerprint density at radius 3 is 2.43 bits per heavy atom. The quantitative estimate of drug-likeness (QED) is 0.516. The van der Waals surface area contributed by atoms with E-state index in [0.29, 0.717) is 11.4 Å². The number of benzene rings is 3. The van der Waals surface area contributed by atoms with Crippen molar-refractivity contribution in [1.82, 2.24) is 14.8 Å². The van der Waals surface area contributed by atoms with Gasteiger partial charge in [-0.3, -0.25) is 4.79 Å². The Bertz CT molecular complexity index is 1230. The zero-order valence-electron chi connectivity index (χ0n) is 16.4. The monoisotopic (exact) mass is 404 g/mol. The summed E-state index contributed by atoms with van der Waals surface area (Å²) in [6.07, 6.45) is 0. The molecule has 1 aromatic heterocycles. The average molecular weight is 404 g/mol. The van der Waals surface area contributed by atoms with Crippen molar-refractivity contribution in [2.45, 2.75) is 13.8 Å². The lowest BCUT2D eigenvalue weighted by molar-refractivity contribution is 0.101. The summed E-state index contributed by atoms with van der Waals surface area (Å²) in [5.41, 5.74) is 3.30. The number of halogens is 2. The van der Waals surface area contributed by atoms with Crippen LogP contribution in [0, 0.1) is 25.5 Å². The number of rotatable bonds is 4. The Morgan fingerprint density at radius 1 is 0.967 bits per heavy atom. The number of carbonyl (C=O) groups excluding carboxylic acids is 1. The molecule has 0 saturated heterocycles. The minimum Gasteiger partial charge on any atom is -0.317 e. The Kier molecular flexibility index (Phi) is 5.10. The number of carbonyl (C=O) groups is 1. The molecule has 0 bridgehead atoms. The molecule has 1 N–H and O–H groups in total. The molecule has 0 atom stereocenters. The first-order valence-electron chi connectivity index (χ1n) is 9.29. The molecule has 5 nitrogen and oxygen atoms in total. The number of aromatic nitrogens is 3. The van der Waals surface area contributed by atoms with E-state index >= 15 is 0 Å². The SMILES string of the molecule is Cc1ccc(C)c(-n2nc(C(=O)Nc3ccccc3F)nc2-c2ccc(F)cc2)c1. The van der Waals surface area contributed by atoms with Gasteiger partial charge in [0.25, 0.3) is 5.91 Å². The van der Waals surface area contributed by atoms with Crippen molar-refractivity contribution in [3.8, 4) is 17.1 Å². The third-order valence-electron chi connectivity index (χ3n) is 4.63. The number of para-hydroxylation sites is 1. The lowest BCUT2D eigenvalue weighted by Crippen LogP contribution is -2.15. The van der Waals surface area contributed by atoms with Crippen LogP contribution in [-0.2, 0) is 0 Å². The summed E-state index contributed by atoms with van der Waals surface area (Å²) in [7, 11) is 0. The van der Waals surface area contributed by atoms with Gasteiger partial charge in [0, 0.05) is 5.56 Å². The average Bonchev–Trinajstić information content (AvgIpc) is 3.17. The summed E-state index contributed by atoms with van der Waals surface area (Å²) < 4.78 is 28.9. The Labute approximate surface area is 172 Å². The van der Waals surface area contributed by atoms with Gasteiger partial charge in [-0.2, -0.15) is 0 Å². The van der Waals surface area contributed by atoms with E-state index in [4.69, 9.17) is 0 Å². The highest BCUT2D eigenvalue weighted by molar-refractivity contribution is 6.01. The molecule has 1 amide bonds. The first kappa shape index (κ1) is 19.4. The highest BCUT2D eigenvalue weighted by Gasteiger charge is 2.20. The molecule has 0 aliphatic carbocycles. The largest absolute Gasteiger partial charge is 0.317 e. The number of aryl methyl sites for hydroxylation is 2. The molecule has 4 rings (SSSR count). The first-order valence-corrected chi connectivity index (χ1v) is 9.29. The second-order valence-electron chi connectivity index (χ2n) is 6.90. The van der Waals surface area contributed by atoms with Crippen molar-refractivity contribution in [1.29, 1.82) is 0 Å². The molecular formula is C23H18F2N4O. The van der Waals surface area contributed by atoms with E-state index in [0.717, 1.165) is 16.8 Å². The molecule has 30 heavy (non-hydrogen) atoms. The van der Waals surface area contributed by atoms with E-state index in [1.807, 2.05) is 32.0 Å². The van der Waals surface area contributed by atoms with E-state index in [1.165, 1.54) is 30.3 Å². The van der Waals surface area contributed by atoms with Gasteiger partial charge < -0.3 is 5.32 Å². The topological polar surface area (TPSA) is 59.8 Å². The molecule has 0 unspecified atom stereocenters. The lowest BCUT2D eigenvalue weighted by atomic mass is 10.1. The van der Waals surface area contributed by atoms with Crippen molar-refractivity contribution < 1.29 is 13.6 Å². The van der Waals surface area contributed by atoms with Crippen LogP contribution in [0.4, 0.5) is 14.5 Å². The van der Waals surface area contributed by atoms with Gasteiger partial charge in [0.2, 0.25) is 5.82 Å². The summed E-state index contributed by atoms with van der Waals surface area (Å²) in [4.78, 5) is 17.1. The number of nitrogens with zero attached hydrogens (tertiary/aromatic N) is 3. The van der Waals surface area contributed by atoms with Crippen LogP contribution in [-0.4, -0.2) is 20.7 Å². The van der Waals surface area contributed by atoms with Gasteiger partial charge in [-0.25, -0.2) is 18.4 Å². The van der Waals surface area contributed by atoms with Gasteiger partial charge >= 0.3 is 0 Å². The predicted molar refractivity (Wildman–Crippen MR) is 111 cm³/mol. The molecule has 0 spiro atoms. The van der Waals surface area contributed by atoms with Crippen LogP contribution in [0.3, 0.4) is 0 Å². The van der Waals surface area contributed by atoms with Gasteiger partial charge in [0.15, 0.2) is 5.82 Å². The van der Waals surface area contributed by atoms with Crippen LogP contribution in [0.5, 0.6) is 0 Å². The standard InChI is InChI=1S/C23H18F2N4O/c1-14-7-8-15(2)20(13-14)29-22(16-9-11-17(24)12-10-16)27-21(28-29)23(30)26-19-6-4-3-5-18(19)25/h3-13H,1-2H3,(H,26,30). The summed E-state index contributed by atoms with van der Waals surface area (Å²) in [5, 5.41) is 6.88. The molecule has 7 heteroatoms. The van der Waals surface area contributed by atoms with Crippen LogP contribution in [0.15, 0.2) is 66.7 Å². The summed E-state index contributed by atoms with van der Waals surface area (Å²) in [6.45, 7) is 3.87. The summed E-state index contributed by atoms with van der Waals surface area (Å²) >= 11 is 0. The molecule has 0 aliphatic rings. The normalized spacial score (nSPS) is 10.8.